The van der Waals surface area contributed by atoms with E-state index >= 15 is 0 Å². The second-order valence-electron chi connectivity index (χ2n) is 12.9. The third-order valence-corrected chi connectivity index (χ3v) is 9.13. The Morgan fingerprint density at radius 2 is 1.73 bits per heavy atom. The van der Waals surface area contributed by atoms with Crippen LogP contribution in [0.4, 0.5) is 4.39 Å². The summed E-state index contributed by atoms with van der Waals surface area (Å²) >= 11 is 0. The fraction of sp³-hybridized carbons (Fsp3) is 0.472. The molecule has 2 fully saturated rings. The van der Waals surface area contributed by atoms with Gasteiger partial charge in [-0.2, -0.15) is 0 Å². The van der Waals surface area contributed by atoms with Crippen LogP contribution in [0.1, 0.15) is 40.4 Å². The maximum atomic E-state index is 15.0. The van der Waals surface area contributed by atoms with Gasteiger partial charge >= 0.3 is 0 Å². The predicted octanol–water partition coefficient (Wildman–Crippen LogP) is 4.52. The lowest BCUT2D eigenvalue weighted by molar-refractivity contribution is -0.914. The second-order valence-corrected chi connectivity index (χ2v) is 12.9. The van der Waals surface area contributed by atoms with Gasteiger partial charge in [0.05, 0.1) is 33.3 Å². The van der Waals surface area contributed by atoms with Gasteiger partial charge in [-0.1, -0.05) is 36.4 Å². The standard InChI is InChI=1S/C36H48FN5O2/c1-28-25-41(14-13-38-28)27-30-7-4-9-32(21-30)34-23-29(11-12-35(34)37)24-39-36(43)33-10-5-8-31(22-33)26-40-15-18-42(2,19-16-40)17-6-20-44-3/h4-5,7-12,21-23,28,38H,6,13-20,24-27H2,1-3H3/p+1. The molecule has 236 valence electrons. The molecule has 2 heterocycles. The van der Waals surface area contributed by atoms with Gasteiger partial charge in [0.1, 0.15) is 5.82 Å². The Balaban J connectivity index is 1.16. The largest absolute Gasteiger partial charge is 0.384 e. The summed E-state index contributed by atoms with van der Waals surface area (Å²) in [5.74, 6) is -0.376. The third-order valence-electron chi connectivity index (χ3n) is 9.13. The lowest BCUT2D eigenvalue weighted by Crippen LogP contribution is -2.57. The first-order chi connectivity index (χ1) is 21.3. The van der Waals surface area contributed by atoms with Crippen molar-refractivity contribution in [2.24, 2.45) is 0 Å². The molecule has 1 atom stereocenters. The Labute approximate surface area is 262 Å². The maximum absolute atomic E-state index is 15.0. The Bertz CT molecular complexity index is 1390. The predicted molar refractivity (Wildman–Crippen MR) is 175 cm³/mol. The Hall–Kier alpha value is -3.14. The van der Waals surface area contributed by atoms with Gasteiger partial charge in [0.25, 0.3) is 5.91 Å². The van der Waals surface area contributed by atoms with Crippen LogP contribution in [0, 0.1) is 5.82 Å². The van der Waals surface area contributed by atoms with E-state index in [1.807, 2.05) is 36.4 Å². The van der Waals surface area contributed by atoms with Crippen LogP contribution in [0.5, 0.6) is 0 Å². The number of benzene rings is 3. The van der Waals surface area contributed by atoms with Gasteiger partial charge in [-0.3, -0.25) is 14.6 Å². The summed E-state index contributed by atoms with van der Waals surface area (Å²) < 4.78 is 21.3. The molecule has 7 nitrogen and oxygen atoms in total. The highest BCUT2D eigenvalue weighted by Gasteiger charge is 2.28. The molecule has 2 aliphatic rings. The normalized spacial score (nSPS) is 19.1. The van der Waals surface area contributed by atoms with Crippen LogP contribution in [0.2, 0.25) is 0 Å². The molecule has 0 spiro atoms. The Morgan fingerprint density at radius 3 is 2.50 bits per heavy atom. The Kier molecular flexibility index (Phi) is 11.2. The third kappa shape index (κ3) is 8.96. The van der Waals surface area contributed by atoms with Gasteiger partial charge in [-0.05, 0) is 59.5 Å². The van der Waals surface area contributed by atoms with Gasteiger partial charge < -0.3 is 19.9 Å². The first-order valence-corrected chi connectivity index (χ1v) is 16.1. The average molecular weight is 603 g/mol. The molecule has 5 rings (SSSR count). The van der Waals surface area contributed by atoms with E-state index in [1.54, 1.807) is 13.2 Å². The van der Waals surface area contributed by atoms with E-state index in [-0.39, 0.29) is 11.7 Å². The summed E-state index contributed by atoms with van der Waals surface area (Å²) in [7, 11) is 4.11. The van der Waals surface area contributed by atoms with Gasteiger partial charge in [-0.15, -0.1) is 0 Å². The number of ether oxygens (including phenoxy) is 1. The maximum Gasteiger partial charge on any atom is 0.251 e. The molecule has 2 N–H and O–H groups in total. The van der Waals surface area contributed by atoms with Crippen molar-refractivity contribution >= 4 is 5.91 Å². The molecule has 1 amide bonds. The molecule has 2 saturated heterocycles. The zero-order valence-corrected chi connectivity index (χ0v) is 26.7. The molecule has 0 radical (unpaired) electrons. The molecular formula is C36H49FN5O2+. The number of halogens is 1. The molecule has 0 aromatic heterocycles. The van der Waals surface area contributed by atoms with Gasteiger partial charge in [0, 0.05) is 83.1 Å². The lowest BCUT2D eigenvalue weighted by Gasteiger charge is -2.42. The fourth-order valence-corrected chi connectivity index (χ4v) is 6.47. The molecular weight excluding hydrogens is 553 g/mol. The first-order valence-electron chi connectivity index (χ1n) is 16.1. The number of likely N-dealkylation sites (N-methyl/N-ethyl adjacent to an activating group) is 1. The van der Waals surface area contributed by atoms with Crippen LogP contribution in [0.25, 0.3) is 11.1 Å². The molecule has 3 aromatic rings. The molecule has 3 aromatic carbocycles. The highest BCUT2D eigenvalue weighted by molar-refractivity contribution is 5.94. The number of quaternary nitrogens is 1. The van der Waals surface area contributed by atoms with Crippen LogP contribution in [-0.2, 0) is 24.4 Å². The van der Waals surface area contributed by atoms with E-state index in [2.05, 4.69) is 52.6 Å². The van der Waals surface area contributed by atoms with Crippen molar-refractivity contribution in [1.82, 2.24) is 20.4 Å². The zero-order chi connectivity index (χ0) is 30.9. The van der Waals surface area contributed by atoms with Crippen LogP contribution < -0.4 is 10.6 Å². The number of hydrogen-bond donors (Lipinski definition) is 2. The van der Waals surface area contributed by atoms with E-state index in [0.29, 0.717) is 23.7 Å². The van der Waals surface area contributed by atoms with Crippen molar-refractivity contribution in [3.05, 3.63) is 94.8 Å². The number of carbonyl (C=O) groups excluding carboxylic acids is 1. The summed E-state index contributed by atoms with van der Waals surface area (Å²) in [4.78, 5) is 18.0. The quantitative estimate of drug-likeness (QED) is 0.236. The number of piperazine rings is 2. The van der Waals surface area contributed by atoms with Gasteiger partial charge in [0.2, 0.25) is 0 Å². The first kappa shape index (κ1) is 32.3. The van der Waals surface area contributed by atoms with Crippen LogP contribution in [0.15, 0.2) is 66.7 Å². The number of methoxy groups -OCH3 is 1. The van der Waals surface area contributed by atoms with E-state index in [1.165, 1.54) is 11.6 Å². The summed E-state index contributed by atoms with van der Waals surface area (Å²) in [6.45, 7) is 13.5. The monoisotopic (exact) mass is 602 g/mol. The van der Waals surface area contributed by atoms with Crippen molar-refractivity contribution in [2.75, 3.05) is 73.1 Å². The van der Waals surface area contributed by atoms with Gasteiger partial charge in [-0.25, -0.2) is 4.39 Å². The highest BCUT2D eigenvalue weighted by atomic mass is 19.1. The van der Waals surface area contributed by atoms with E-state index < -0.39 is 0 Å². The van der Waals surface area contributed by atoms with E-state index in [9.17, 15) is 9.18 Å². The van der Waals surface area contributed by atoms with Crippen molar-refractivity contribution in [3.8, 4) is 11.1 Å². The molecule has 0 saturated carbocycles. The molecule has 8 heteroatoms. The number of rotatable bonds is 12. The number of nitrogens with zero attached hydrogens (tertiary/aromatic N) is 3. The summed E-state index contributed by atoms with van der Waals surface area (Å²) in [6.07, 6.45) is 1.09. The van der Waals surface area contributed by atoms with Crippen molar-refractivity contribution in [1.29, 1.82) is 0 Å². The molecule has 2 aliphatic heterocycles. The van der Waals surface area contributed by atoms with Crippen LogP contribution in [-0.4, -0.2) is 99.4 Å². The van der Waals surface area contributed by atoms with E-state index in [0.717, 1.165) is 99.6 Å². The summed E-state index contributed by atoms with van der Waals surface area (Å²) in [6, 6.07) is 21.7. The van der Waals surface area contributed by atoms with Crippen LogP contribution in [0.3, 0.4) is 0 Å². The molecule has 0 bridgehead atoms. The zero-order valence-electron chi connectivity index (χ0n) is 26.7. The molecule has 0 aliphatic carbocycles. The highest BCUT2D eigenvalue weighted by Crippen LogP contribution is 2.26. The Morgan fingerprint density at radius 1 is 0.977 bits per heavy atom. The minimum atomic E-state index is -0.257. The number of amides is 1. The van der Waals surface area contributed by atoms with Crippen molar-refractivity contribution < 1.29 is 18.4 Å². The lowest BCUT2D eigenvalue weighted by atomic mass is 10.00. The van der Waals surface area contributed by atoms with Gasteiger partial charge in [0.15, 0.2) is 0 Å². The summed E-state index contributed by atoms with van der Waals surface area (Å²) in [5.41, 5.74) is 5.26. The smallest absolute Gasteiger partial charge is 0.251 e. The van der Waals surface area contributed by atoms with Crippen LogP contribution >= 0.6 is 0 Å². The fourth-order valence-electron chi connectivity index (χ4n) is 6.47. The second kappa shape index (κ2) is 15.2. The minimum Gasteiger partial charge on any atom is -0.384 e. The SMILES string of the molecule is COCCC[N+]1(C)CCN(Cc2cccc(C(=O)NCc3ccc(F)c(-c4cccc(CN5CCNC(C)C5)c4)c3)c2)CC1. The number of hydrogen-bond acceptors (Lipinski definition) is 5. The topological polar surface area (TPSA) is 56.8 Å². The average Bonchev–Trinajstić information content (AvgIpc) is 3.02. The number of nitrogens with one attached hydrogen (secondary N) is 2. The molecule has 44 heavy (non-hydrogen) atoms. The van der Waals surface area contributed by atoms with Crippen molar-refractivity contribution in [2.45, 2.75) is 39.0 Å². The summed E-state index contributed by atoms with van der Waals surface area (Å²) in [5, 5.41) is 6.53. The van der Waals surface area contributed by atoms with E-state index in [4.69, 9.17) is 4.74 Å². The van der Waals surface area contributed by atoms with Crippen molar-refractivity contribution in [3.63, 3.8) is 0 Å². The molecule has 1 unspecified atom stereocenters. The minimum absolute atomic E-state index is 0.119. The number of carbonyl (C=O) groups is 1.